The summed E-state index contributed by atoms with van der Waals surface area (Å²) in [5.74, 6) is 0.521. The Morgan fingerprint density at radius 1 is 1.00 bits per heavy atom. The van der Waals surface area contributed by atoms with Gasteiger partial charge in [0, 0.05) is 17.4 Å². The molecule has 3 rings (SSSR count). The van der Waals surface area contributed by atoms with E-state index in [1.165, 1.54) is 22.1 Å². The lowest BCUT2D eigenvalue weighted by molar-refractivity contribution is -0.118. The van der Waals surface area contributed by atoms with Gasteiger partial charge in [-0.15, -0.1) is 0 Å². The Balaban J connectivity index is 1.90. The second-order valence-electron chi connectivity index (χ2n) is 7.52. The predicted octanol–water partition coefficient (Wildman–Crippen LogP) is 6.09. The van der Waals surface area contributed by atoms with E-state index in [9.17, 15) is 4.79 Å². The van der Waals surface area contributed by atoms with Gasteiger partial charge in [0.25, 0.3) is 0 Å². The number of aryl methyl sites for hydroxylation is 2. The SMILES string of the molecule is CCc1cccc(CC)c1NC(=O)C(C)n1ccc2cc(C(C)C)ccc21. The summed E-state index contributed by atoms with van der Waals surface area (Å²) in [6.07, 6.45) is 3.83. The van der Waals surface area contributed by atoms with Gasteiger partial charge in [0.05, 0.1) is 0 Å². The zero-order valence-corrected chi connectivity index (χ0v) is 17.0. The minimum atomic E-state index is -0.276. The van der Waals surface area contributed by atoms with Gasteiger partial charge in [-0.05, 0) is 66.0 Å². The highest BCUT2D eigenvalue weighted by Gasteiger charge is 2.19. The Labute approximate surface area is 162 Å². The minimum absolute atomic E-state index is 0.0241. The molecule has 0 aliphatic carbocycles. The predicted molar refractivity (Wildman–Crippen MR) is 115 cm³/mol. The molecule has 0 bridgehead atoms. The van der Waals surface area contributed by atoms with E-state index in [0.29, 0.717) is 5.92 Å². The highest BCUT2D eigenvalue weighted by molar-refractivity contribution is 5.96. The van der Waals surface area contributed by atoms with Crippen molar-refractivity contribution in [1.29, 1.82) is 0 Å². The highest BCUT2D eigenvalue weighted by Crippen LogP contribution is 2.27. The van der Waals surface area contributed by atoms with E-state index in [-0.39, 0.29) is 11.9 Å². The number of carbonyl (C=O) groups excluding carboxylic acids is 1. The van der Waals surface area contributed by atoms with Crippen molar-refractivity contribution >= 4 is 22.5 Å². The van der Waals surface area contributed by atoms with Crippen LogP contribution in [0.4, 0.5) is 5.69 Å². The molecule has 1 amide bonds. The second-order valence-corrected chi connectivity index (χ2v) is 7.52. The van der Waals surface area contributed by atoms with Crippen LogP contribution < -0.4 is 5.32 Å². The van der Waals surface area contributed by atoms with Gasteiger partial charge in [0.1, 0.15) is 6.04 Å². The average Bonchev–Trinajstić information content (AvgIpc) is 3.10. The smallest absolute Gasteiger partial charge is 0.247 e. The van der Waals surface area contributed by atoms with Crippen molar-refractivity contribution in [3.05, 3.63) is 65.4 Å². The lowest BCUT2D eigenvalue weighted by atomic mass is 10.0. The van der Waals surface area contributed by atoms with Crippen LogP contribution in [0.15, 0.2) is 48.7 Å². The number of anilines is 1. The third-order valence-electron chi connectivity index (χ3n) is 5.45. The maximum atomic E-state index is 13.0. The summed E-state index contributed by atoms with van der Waals surface area (Å²) in [6, 6.07) is 14.6. The summed E-state index contributed by atoms with van der Waals surface area (Å²) >= 11 is 0. The molecule has 1 heterocycles. The number of benzene rings is 2. The number of para-hydroxylation sites is 1. The van der Waals surface area contributed by atoms with Crippen LogP contribution in [-0.2, 0) is 17.6 Å². The summed E-state index contributed by atoms with van der Waals surface area (Å²) in [6.45, 7) is 10.6. The molecule has 0 aliphatic rings. The molecule has 142 valence electrons. The van der Waals surface area contributed by atoms with Crippen LogP contribution in [0.1, 0.15) is 63.3 Å². The maximum absolute atomic E-state index is 13.0. The molecule has 0 radical (unpaired) electrons. The Hall–Kier alpha value is -2.55. The molecule has 3 nitrogen and oxygen atoms in total. The lowest BCUT2D eigenvalue weighted by Gasteiger charge is -2.19. The van der Waals surface area contributed by atoms with Gasteiger partial charge in [-0.3, -0.25) is 4.79 Å². The van der Waals surface area contributed by atoms with Gasteiger partial charge in [-0.25, -0.2) is 0 Å². The number of hydrogen-bond acceptors (Lipinski definition) is 1. The van der Waals surface area contributed by atoms with Crippen LogP contribution in [0, 0.1) is 0 Å². The third kappa shape index (κ3) is 3.78. The molecular formula is C24H30N2O. The summed E-state index contributed by atoms with van der Waals surface area (Å²) in [7, 11) is 0. The summed E-state index contributed by atoms with van der Waals surface area (Å²) in [5.41, 5.74) is 5.78. The molecule has 3 aromatic rings. The van der Waals surface area contributed by atoms with E-state index < -0.39 is 0 Å². The summed E-state index contributed by atoms with van der Waals surface area (Å²) in [4.78, 5) is 13.0. The highest BCUT2D eigenvalue weighted by atomic mass is 16.2. The standard InChI is InChI=1S/C24H30N2O/c1-6-18-9-8-10-19(7-2)23(18)25-24(27)17(5)26-14-13-21-15-20(16(3)4)11-12-22(21)26/h8-17H,6-7H2,1-5H3,(H,25,27). The summed E-state index contributed by atoms with van der Waals surface area (Å²) < 4.78 is 2.06. The van der Waals surface area contributed by atoms with Gasteiger partial charge in [0.15, 0.2) is 0 Å². The number of fused-ring (bicyclic) bond motifs is 1. The average molecular weight is 363 g/mol. The molecule has 0 aliphatic heterocycles. The minimum Gasteiger partial charge on any atom is -0.335 e. The molecule has 0 saturated heterocycles. The molecule has 1 atom stereocenters. The normalized spacial score (nSPS) is 12.5. The zero-order chi connectivity index (χ0) is 19.6. The van der Waals surface area contributed by atoms with E-state index in [4.69, 9.17) is 0 Å². The molecule has 1 N–H and O–H groups in total. The molecular weight excluding hydrogens is 332 g/mol. The first-order chi connectivity index (χ1) is 13.0. The fraction of sp³-hybridized carbons (Fsp3) is 0.375. The maximum Gasteiger partial charge on any atom is 0.247 e. The van der Waals surface area contributed by atoms with Crippen molar-refractivity contribution in [1.82, 2.24) is 4.57 Å². The quantitative estimate of drug-likeness (QED) is 0.566. The van der Waals surface area contributed by atoms with E-state index in [1.807, 2.05) is 13.1 Å². The Bertz CT molecular complexity index is 930. The van der Waals surface area contributed by atoms with Gasteiger partial charge in [0.2, 0.25) is 5.91 Å². The molecule has 27 heavy (non-hydrogen) atoms. The molecule has 1 unspecified atom stereocenters. The van der Waals surface area contributed by atoms with Crippen molar-refractivity contribution < 1.29 is 4.79 Å². The van der Waals surface area contributed by atoms with Crippen LogP contribution in [0.5, 0.6) is 0 Å². The fourth-order valence-electron chi connectivity index (χ4n) is 3.64. The van der Waals surface area contributed by atoms with Gasteiger partial charge >= 0.3 is 0 Å². The second kappa shape index (κ2) is 7.99. The lowest BCUT2D eigenvalue weighted by Crippen LogP contribution is -2.24. The van der Waals surface area contributed by atoms with Crippen LogP contribution in [0.25, 0.3) is 10.9 Å². The van der Waals surface area contributed by atoms with Gasteiger partial charge in [-0.1, -0.05) is 52.0 Å². The number of nitrogens with zero attached hydrogens (tertiary/aromatic N) is 1. The molecule has 0 fully saturated rings. The Morgan fingerprint density at radius 3 is 2.26 bits per heavy atom. The molecule has 2 aromatic carbocycles. The first-order valence-corrected chi connectivity index (χ1v) is 9.98. The number of amides is 1. The van der Waals surface area contributed by atoms with Crippen molar-refractivity contribution in [3.8, 4) is 0 Å². The van der Waals surface area contributed by atoms with Crippen LogP contribution in [0.3, 0.4) is 0 Å². The van der Waals surface area contributed by atoms with Crippen molar-refractivity contribution in [2.45, 2.75) is 59.4 Å². The van der Waals surface area contributed by atoms with E-state index in [1.54, 1.807) is 0 Å². The van der Waals surface area contributed by atoms with Crippen molar-refractivity contribution in [2.24, 2.45) is 0 Å². The monoisotopic (exact) mass is 362 g/mol. The van der Waals surface area contributed by atoms with Crippen molar-refractivity contribution in [3.63, 3.8) is 0 Å². The number of hydrogen-bond donors (Lipinski definition) is 1. The molecule has 0 spiro atoms. The zero-order valence-electron chi connectivity index (χ0n) is 17.0. The van der Waals surface area contributed by atoms with Crippen molar-refractivity contribution in [2.75, 3.05) is 5.32 Å². The van der Waals surface area contributed by atoms with Crippen LogP contribution >= 0.6 is 0 Å². The molecule has 1 aromatic heterocycles. The van der Waals surface area contributed by atoms with Gasteiger partial charge < -0.3 is 9.88 Å². The summed E-state index contributed by atoms with van der Waals surface area (Å²) in [5, 5.41) is 4.39. The van der Waals surface area contributed by atoms with Crippen LogP contribution in [0.2, 0.25) is 0 Å². The fourth-order valence-corrected chi connectivity index (χ4v) is 3.64. The van der Waals surface area contributed by atoms with E-state index in [0.717, 1.165) is 24.0 Å². The largest absolute Gasteiger partial charge is 0.335 e. The van der Waals surface area contributed by atoms with Gasteiger partial charge in [-0.2, -0.15) is 0 Å². The number of aromatic nitrogens is 1. The van der Waals surface area contributed by atoms with E-state index in [2.05, 4.69) is 80.0 Å². The Kier molecular flexibility index (Phi) is 5.69. The first-order valence-electron chi connectivity index (χ1n) is 9.98. The Morgan fingerprint density at radius 2 is 1.67 bits per heavy atom. The van der Waals surface area contributed by atoms with Crippen LogP contribution in [-0.4, -0.2) is 10.5 Å². The number of carbonyl (C=O) groups is 1. The number of rotatable bonds is 6. The number of nitrogens with one attached hydrogen (secondary N) is 1. The first kappa shape index (κ1) is 19.2. The topological polar surface area (TPSA) is 34.0 Å². The molecule has 0 saturated carbocycles. The van der Waals surface area contributed by atoms with E-state index >= 15 is 0 Å². The third-order valence-corrected chi connectivity index (χ3v) is 5.45. The molecule has 3 heteroatoms.